The van der Waals surface area contributed by atoms with Gasteiger partial charge in [0, 0.05) is 24.3 Å². The van der Waals surface area contributed by atoms with Crippen LogP contribution in [0.1, 0.15) is 0 Å². The second-order valence-corrected chi connectivity index (χ2v) is 3.56. The number of aryl methyl sites for hydroxylation is 2. The minimum absolute atomic E-state index is 0. The summed E-state index contributed by atoms with van der Waals surface area (Å²) < 4.78 is 4.60. The van der Waals surface area contributed by atoms with Crippen LogP contribution < -0.4 is 26.1 Å². The Bertz CT molecular complexity index is 437. The predicted molar refractivity (Wildman–Crippen MR) is 52.3 cm³/mol. The van der Waals surface area contributed by atoms with Crippen LogP contribution in [0.15, 0.2) is 48.8 Å². The maximum Gasteiger partial charge on any atom is 0.277 e. The predicted octanol–water partition coefficient (Wildman–Crippen LogP) is -2.05. The van der Waals surface area contributed by atoms with Gasteiger partial charge in [-0.15, -0.1) is 0 Å². The molecule has 1 aliphatic rings. The number of nitrogens with zero attached hydrogens (tertiary/aromatic N) is 2. The molecule has 0 bridgehead atoms. The molecule has 1 aliphatic heterocycles. The molecule has 0 aromatic carbocycles. The molecule has 3 heteroatoms. The van der Waals surface area contributed by atoms with Gasteiger partial charge in [0.2, 0.25) is 13.1 Å². The van der Waals surface area contributed by atoms with E-state index in [1.165, 1.54) is 11.4 Å². The molecule has 0 N–H and O–H groups in total. The second-order valence-electron chi connectivity index (χ2n) is 3.56. The maximum absolute atomic E-state index is 2.30. The number of rotatable bonds is 0. The van der Waals surface area contributed by atoms with Crippen molar-refractivity contribution in [1.82, 2.24) is 0 Å². The Kier molecular flexibility index (Phi) is 2.82. The van der Waals surface area contributed by atoms with Gasteiger partial charge in [0.15, 0.2) is 12.4 Å². The molecular weight excluding hydrogens is 252 g/mol. The van der Waals surface area contributed by atoms with Crippen LogP contribution in [0.2, 0.25) is 0 Å². The van der Waals surface area contributed by atoms with E-state index in [1.807, 2.05) is 0 Å². The standard InChI is InChI=1S/C12H12N2.BrH/c1-3-7-13-9-10-14-8-4-2-6-12(14)11(13)5-1;/h1-8H,9-10H2;1H/q+2;/p-1. The molecule has 3 heterocycles. The summed E-state index contributed by atoms with van der Waals surface area (Å²) in [5, 5.41) is 0. The highest BCUT2D eigenvalue weighted by Gasteiger charge is 2.27. The lowest BCUT2D eigenvalue weighted by atomic mass is 10.2. The normalized spacial score (nSPS) is 12.3. The monoisotopic (exact) mass is 263 g/mol. The lowest BCUT2D eigenvalue weighted by molar-refractivity contribution is -0.794. The van der Waals surface area contributed by atoms with Crippen molar-refractivity contribution in [2.75, 3.05) is 0 Å². The van der Waals surface area contributed by atoms with Crippen LogP contribution >= 0.6 is 0 Å². The Morgan fingerprint density at radius 1 is 0.733 bits per heavy atom. The number of aromatic nitrogens is 2. The molecule has 0 amide bonds. The Morgan fingerprint density at radius 3 is 1.67 bits per heavy atom. The first kappa shape index (κ1) is 10.3. The molecule has 0 aliphatic carbocycles. The lowest BCUT2D eigenvalue weighted by Crippen LogP contribution is -3.00. The van der Waals surface area contributed by atoms with Crippen LogP contribution in [0.5, 0.6) is 0 Å². The molecule has 0 saturated carbocycles. The number of fused-ring (bicyclic) bond motifs is 3. The smallest absolute Gasteiger partial charge is 0.277 e. The van der Waals surface area contributed by atoms with Crippen molar-refractivity contribution in [3.63, 3.8) is 0 Å². The second kappa shape index (κ2) is 4.11. The Hall–Kier alpha value is -1.22. The minimum Gasteiger partial charge on any atom is -1.00 e. The zero-order chi connectivity index (χ0) is 9.38. The summed E-state index contributed by atoms with van der Waals surface area (Å²) in [6, 6.07) is 12.7. The summed E-state index contributed by atoms with van der Waals surface area (Å²) in [5.41, 5.74) is 2.61. The highest BCUT2D eigenvalue weighted by Crippen LogP contribution is 2.11. The molecule has 0 unspecified atom stereocenters. The number of pyridine rings is 2. The van der Waals surface area contributed by atoms with E-state index in [-0.39, 0.29) is 17.0 Å². The van der Waals surface area contributed by atoms with Gasteiger partial charge in [-0.3, -0.25) is 0 Å². The molecule has 0 atom stereocenters. The van der Waals surface area contributed by atoms with Gasteiger partial charge < -0.3 is 17.0 Å². The van der Waals surface area contributed by atoms with Gasteiger partial charge in [0.1, 0.15) is 0 Å². The molecule has 2 nitrogen and oxygen atoms in total. The van der Waals surface area contributed by atoms with Gasteiger partial charge in [-0.05, 0) is 12.1 Å². The van der Waals surface area contributed by atoms with Crippen molar-refractivity contribution < 1.29 is 26.1 Å². The third-order valence-electron chi connectivity index (χ3n) is 2.73. The number of hydrogen-bond donors (Lipinski definition) is 0. The van der Waals surface area contributed by atoms with Gasteiger partial charge in [-0.2, -0.15) is 9.13 Å². The van der Waals surface area contributed by atoms with E-state index >= 15 is 0 Å². The van der Waals surface area contributed by atoms with Crippen molar-refractivity contribution in [1.29, 1.82) is 0 Å². The first-order valence-electron chi connectivity index (χ1n) is 4.92. The Labute approximate surface area is 99.6 Å². The fourth-order valence-corrected chi connectivity index (χ4v) is 2.02. The zero-order valence-corrected chi connectivity index (χ0v) is 9.89. The van der Waals surface area contributed by atoms with E-state index < -0.39 is 0 Å². The van der Waals surface area contributed by atoms with Crippen molar-refractivity contribution in [3.05, 3.63) is 48.8 Å². The summed E-state index contributed by atoms with van der Waals surface area (Å²) in [7, 11) is 0. The molecule has 2 aromatic heterocycles. The molecule has 76 valence electrons. The molecule has 0 fully saturated rings. The van der Waals surface area contributed by atoms with Gasteiger partial charge in [0.25, 0.3) is 11.4 Å². The summed E-state index contributed by atoms with van der Waals surface area (Å²) in [5.74, 6) is 0. The van der Waals surface area contributed by atoms with Crippen LogP contribution in [0.25, 0.3) is 11.4 Å². The summed E-state index contributed by atoms with van der Waals surface area (Å²) in [4.78, 5) is 0. The minimum atomic E-state index is 0. The van der Waals surface area contributed by atoms with E-state index in [0.717, 1.165) is 13.1 Å². The fourth-order valence-electron chi connectivity index (χ4n) is 2.02. The molecular formula is C12H12BrN2+. The van der Waals surface area contributed by atoms with Crippen molar-refractivity contribution in [2.45, 2.75) is 13.1 Å². The highest BCUT2D eigenvalue weighted by atomic mass is 79.9. The van der Waals surface area contributed by atoms with E-state index in [9.17, 15) is 0 Å². The number of halogens is 1. The van der Waals surface area contributed by atoms with Gasteiger partial charge in [0.05, 0.1) is 0 Å². The molecule has 0 spiro atoms. The van der Waals surface area contributed by atoms with E-state index in [2.05, 4.69) is 57.9 Å². The maximum atomic E-state index is 2.30. The quantitative estimate of drug-likeness (QED) is 0.484. The average molecular weight is 264 g/mol. The third-order valence-corrected chi connectivity index (χ3v) is 2.73. The van der Waals surface area contributed by atoms with Crippen LogP contribution in [0, 0.1) is 0 Å². The Balaban J connectivity index is 0.000000853. The first-order chi connectivity index (χ1) is 6.95. The zero-order valence-electron chi connectivity index (χ0n) is 8.31. The molecule has 0 saturated heterocycles. The third kappa shape index (κ3) is 1.67. The molecule has 3 rings (SSSR count). The topological polar surface area (TPSA) is 7.76 Å². The molecule has 15 heavy (non-hydrogen) atoms. The van der Waals surface area contributed by atoms with Crippen molar-refractivity contribution in [2.24, 2.45) is 0 Å². The first-order valence-corrected chi connectivity index (χ1v) is 4.92. The van der Waals surface area contributed by atoms with E-state index in [4.69, 9.17) is 0 Å². The van der Waals surface area contributed by atoms with E-state index in [0.29, 0.717) is 0 Å². The summed E-state index contributed by atoms with van der Waals surface area (Å²) in [6.07, 6.45) is 4.29. The van der Waals surface area contributed by atoms with Crippen LogP contribution in [0.3, 0.4) is 0 Å². The van der Waals surface area contributed by atoms with Crippen molar-refractivity contribution >= 4 is 0 Å². The molecule has 0 radical (unpaired) electrons. The highest BCUT2D eigenvalue weighted by molar-refractivity contribution is 5.46. The van der Waals surface area contributed by atoms with E-state index in [1.54, 1.807) is 0 Å². The van der Waals surface area contributed by atoms with Crippen molar-refractivity contribution in [3.8, 4) is 11.4 Å². The van der Waals surface area contributed by atoms with Crippen LogP contribution in [0.4, 0.5) is 0 Å². The Morgan fingerprint density at radius 2 is 1.20 bits per heavy atom. The van der Waals surface area contributed by atoms with Gasteiger partial charge in [-0.1, -0.05) is 0 Å². The summed E-state index contributed by atoms with van der Waals surface area (Å²) >= 11 is 0. The average Bonchev–Trinajstić information content (AvgIpc) is 2.29. The number of hydrogen-bond acceptors (Lipinski definition) is 0. The van der Waals surface area contributed by atoms with Gasteiger partial charge >= 0.3 is 0 Å². The van der Waals surface area contributed by atoms with Gasteiger partial charge in [-0.25, -0.2) is 0 Å². The largest absolute Gasteiger partial charge is 1.00 e. The SMILES string of the molecule is [Br-].c1cc[n+]2c(c1)-c1cccc[n+]1CC2. The molecule has 2 aromatic rings. The fraction of sp³-hybridized carbons (Fsp3) is 0.167. The van der Waals surface area contributed by atoms with Crippen LogP contribution in [-0.2, 0) is 13.1 Å². The van der Waals surface area contributed by atoms with Crippen LogP contribution in [-0.4, -0.2) is 0 Å². The lowest BCUT2D eigenvalue weighted by Gasteiger charge is -2.08. The summed E-state index contributed by atoms with van der Waals surface area (Å²) in [6.45, 7) is 2.13.